The maximum absolute atomic E-state index is 12.6. The van der Waals surface area contributed by atoms with Gasteiger partial charge in [-0.15, -0.1) is 0 Å². The SMILES string of the molecule is COc1ccc(CN2CCN(CC(=O)N3CC(C)OC(C)C3)CC2)cn1. The highest BCUT2D eigenvalue weighted by atomic mass is 16.5. The summed E-state index contributed by atoms with van der Waals surface area (Å²) >= 11 is 0. The monoisotopic (exact) mass is 362 g/mol. The van der Waals surface area contributed by atoms with Crippen molar-refractivity contribution in [3.63, 3.8) is 0 Å². The Kier molecular flexibility index (Phi) is 6.45. The first-order valence-corrected chi connectivity index (χ1v) is 9.40. The lowest BCUT2D eigenvalue weighted by Crippen LogP contribution is -2.53. The van der Waals surface area contributed by atoms with Crippen LogP contribution in [0.1, 0.15) is 19.4 Å². The van der Waals surface area contributed by atoms with Gasteiger partial charge in [0.1, 0.15) is 0 Å². The Morgan fingerprint density at radius 3 is 2.38 bits per heavy atom. The molecule has 7 heteroatoms. The van der Waals surface area contributed by atoms with E-state index in [9.17, 15) is 4.79 Å². The molecule has 2 unspecified atom stereocenters. The maximum Gasteiger partial charge on any atom is 0.236 e. The summed E-state index contributed by atoms with van der Waals surface area (Å²) in [5.74, 6) is 0.864. The highest BCUT2D eigenvalue weighted by Crippen LogP contribution is 2.13. The topological polar surface area (TPSA) is 58.1 Å². The number of hydrogen-bond donors (Lipinski definition) is 0. The molecule has 1 aromatic heterocycles. The Labute approximate surface area is 155 Å². The molecule has 0 spiro atoms. The van der Waals surface area contributed by atoms with E-state index in [0.717, 1.165) is 32.7 Å². The van der Waals surface area contributed by atoms with Gasteiger partial charge in [0.05, 0.1) is 25.9 Å². The molecule has 2 fully saturated rings. The summed E-state index contributed by atoms with van der Waals surface area (Å²) in [5, 5.41) is 0. The second-order valence-electron chi connectivity index (χ2n) is 7.32. The molecule has 3 heterocycles. The third-order valence-corrected chi connectivity index (χ3v) is 5.01. The van der Waals surface area contributed by atoms with Crippen LogP contribution in [-0.2, 0) is 16.1 Å². The van der Waals surface area contributed by atoms with Crippen LogP contribution in [0.25, 0.3) is 0 Å². The number of rotatable bonds is 5. The summed E-state index contributed by atoms with van der Waals surface area (Å²) in [6, 6.07) is 3.96. The largest absolute Gasteiger partial charge is 0.481 e. The van der Waals surface area contributed by atoms with Crippen LogP contribution < -0.4 is 4.74 Å². The minimum Gasteiger partial charge on any atom is -0.481 e. The molecule has 7 nitrogen and oxygen atoms in total. The number of carbonyl (C=O) groups excluding carboxylic acids is 1. The molecular weight excluding hydrogens is 332 g/mol. The molecule has 2 aliphatic heterocycles. The van der Waals surface area contributed by atoms with Crippen molar-refractivity contribution in [2.75, 3.05) is 52.9 Å². The van der Waals surface area contributed by atoms with Gasteiger partial charge in [0.15, 0.2) is 0 Å². The summed E-state index contributed by atoms with van der Waals surface area (Å²) in [6.07, 6.45) is 2.12. The van der Waals surface area contributed by atoms with Crippen LogP contribution in [0.5, 0.6) is 5.88 Å². The summed E-state index contributed by atoms with van der Waals surface area (Å²) in [5.41, 5.74) is 1.19. The van der Waals surface area contributed by atoms with E-state index in [-0.39, 0.29) is 18.1 Å². The minimum atomic E-state index is 0.123. The van der Waals surface area contributed by atoms with Crippen molar-refractivity contribution >= 4 is 5.91 Å². The Morgan fingerprint density at radius 1 is 1.15 bits per heavy atom. The van der Waals surface area contributed by atoms with Crippen LogP contribution >= 0.6 is 0 Å². The third kappa shape index (κ3) is 5.16. The van der Waals surface area contributed by atoms with E-state index in [4.69, 9.17) is 9.47 Å². The molecule has 0 aromatic carbocycles. The smallest absolute Gasteiger partial charge is 0.236 e. The molecule has 0 radical (unpaired) electrons. The number of pyridine rings is 1. The number of piperazine rings is 1. The quantitative estimate of drug-likeness (QED) is 0.774. The predicted octanol–water partition coefficient (Wildman–Crippen LogP) is 0.844. The lowest BCUT2D eigenvalue weighted by molar-refractivity contribution is -0.144. The van der Waals surface area contributed by atoms with Crippen LogP contribution in [0.3, 0.4) is 0 Å². The fourth-order valence-corrected chi connectivity index (χ4v) is 3.66. The Bertz CT molecular complexity index is 577. The number of nitrogens with zero attached hydrogens (tertiary/aromatic N) is 4. The molecule has 0 N–H and O–H groups in total. The Morgan fingerprint density at radius 2 is 1.81 bits per heavy atom. The molecule has 26 heavy (non-hydrogen) atoms. The molecule has 2 atom stereocenters. The molecule has 0 bridgehead atoms. The second kappa shape index (κ2) is 8.79. The maximum atomic E-state index is 12.6. The van der Waals surface area contributed by atoms with Gasteiger partial charge in [0.2, 0.25) is 11.8 Å². The minimum absolute atomic E-state index is 0.123. The van der Waals surface area contributed by atoms with Gasteiger partial charge in [-0.2, -0.15) is 0 Å². The van der Waals surface area contributed by atoms with Crippen molar-refractivity contribution in [1.82, 2.24) is 19.7 Å². The van der Waals surface area contributed by atoms with Crippen molar-refractivity contribution in [3.8, 4) is 5.88 Å². The number of amides is 1. The van der Waals surface area contributed by atoms with Crippen molar-refractivity contribution < 1.29 is 14.3 Å². The molecule has 2 saturated heterocycles. The predicted molar refractivity (Wildman–Crippen MR) is 99.1 cm³/mol. The van der Waals surface area contributed by atoms with Crippen LogP contribution in [0.2, 0.25) is 0 Å². The van der Waals surface area contributed by atoms with Crippen molar-refractivity contribution in [2.45, 2.75) is 32.6 Å². The molecule has 2 aliphatic rings. The zero-order valence-corrected chi connectivity index (χ0v) is 16.1. The molecule has 3 rings (SSSR count). The number of carbonyl (C=O) groups is 1. The fraction of sp³-hybridized carbons (Fsp3) is 0.684. The molecule has 1 amide bonds. The number of ether oxygens (including phenoxy) is 2. The average Bonchev–Trinajstić information content (AvgIpc) is 2.63. The number of methoxy groups -OCH3 is 1. The lowest BCUT2D eigenvalue weighted by atomic mass is 10.2. The van der Waals surface area contributed by atoms with Crippen molar-refractivity contribution in [1.29, 1.82) is 0 Å². The van der Waals surface area contributed by atoms with Crippen LogP contribution in [0.4, 0.5) is 0 Å². The van der Waals surface area contributed by atoms with Gasteiger partial charge in [-0.05, 0) is 19.4 Å². The fourth-order valence-electron chi connectivity index (χ4n) is 3.66. The van der Waals surface area contributed by atoms with E-state index in [1.807, 2.05) is 31.0 Å². The van der Waals surface area contributed by atoms with E-state index in [1.165, 1.54) is 5.56 Å². The number of aromatic nitrogens is 1. The van der Waals surface area contributed by atoms with E-state index < -0.39 is 0 Å². The zero-order valence-electron chi connectivity index (χ0n) is 16.1. The summed E-state index contributed by atoms with van der Waals surface area (Å²) < 4.78 is 10.8. The van der Waals surface area contributed by atoms with Gasteiger partial charge in [0.25, 0.3) is 0 Å². The number of morpholine rings is 1. The van der Waals surface area contributed by atoms with E-state index in [0.29, 0.717) is 25.5 Å². The Hall–Kier alpha value is -1.70. The van der Waals surface area contributed by atoms with Gasteiger partial charge in [-0.3, -0.25) is 14.6 Å². The van der Waals surface area contributed by atoms with Gasteiger partial charge < -0.3 is 14.4 Å². The van der Waals surface area contributed by atoms with E-state index in [1.54, 1.807) is 7.11 Å². The first-order valence-electron chi connectivity index (χ1n) is 9.40. The molecule has 0 aliphatic carbocycles. The van der Waals surface area contributed by atoms with E-state index in [2.05, 4.69) is 20.9 Å². The Balaban J connectivity index is 1.42. The normalized spacial score (nSPS) is 25.3. The van der Waals surface area contributed by atoms with Gasteiger partial charge in [-0.25, -0.2) is 4.98 Å². The van der Waals surface area contributed by atoms with Crippen LogP contribution in [-0.4, -0.2) is 90.7 Å². The summed E-state index contributed by atoms with van der Waals surface area (Å²) in [7, 11) is 1.63. The van der Waals surface area contributed by atoms with Crippen molar-refractivity contribution in [3.05, 3.63) is 23.9 Å². The van der Waals surface area contributed by atoms with Gasteiger partial charge in [0, 0.05) is 58.1 Å². The van der Waals surface area contributed by atoms with Gasteiger partial charge in [-0.1, -0.05) is 6.07 Å². The second-order valence-corrected chi connectivity index (χ2v) is 7.32. The van der Waals surface area contributed by atoms with Gasteiger partial charge >= 0.3 is 0 Å². The third-order valence-electron chi connectivity index (χ3n) is 5.01. The van der Waals surface area contributed by atoms with Crippen LogP contribution in [0.15, 0.2) is 18.3 Å². The highest BCUT2D eigenvalue weighted by Gasteiger charge is 2.27. The highest BCUT2D eigenvalue weighted by molar-refractivity contribution is 5.78. The summed E-state index contributed by atoms with van der Waals surface area (Å²) in [4.78, 5) is 23.5. The first-order chi connectivity index (χ1) is 12.5. The van der Waals surface area contributed by atoms with Crippen molar-refractivity contribution in [2.24, 2.45) is 0 Å². The lowest BCUT2D eigenvalue weighted by Gasteiger charge is -2.38. The average molecular weight is 362 g/mol. The standard InChI is InChI=1S/C19H30N4O3/c1-15-11-23(12-16(2)26-15)19(24)14-22-8-6-21(7-9-22)13-17-4-5-18(25-3)20-10-17/h4-5,10,15-16H,6-9,11-14H2,1-3H3. The van der Waals surface area contributed by atoms with E-state index >= 15 is 0 Å². The molecule has 144 valence electrons. The molecular formula is C19H30N4O3. The first kappa shape index (κ1) is 19.1. The zero-order chi connectivity index (χ0) is 18.5. The summed E-state index contributed by atoms with van der Waals surface area (Å²) in [6.45, 7) is 10.6. The number of hydrogen-bond acceptors (Lipinski definition) is 6. The molecule has 0 saturated carbocycles. The van der Waals surface area contributed by atoms with Crippen LogP contribution in [0, 0.1) is 0 Å². The molecule has 1 aromatic rings.